The smallest absolute Gasteiger partial charge is 1.00 e. The summed E-state index contributed by atoms with van der Waals surface area (Å²) in [6, 6.07) is 0. The van der Waals surface area contributed by atoms with Gasteiger partial charge in [0, 0.05) is 0 Å². The SMILES string of the molecule is Cc1c(C)[c]([Zr+2])p(C)c1C.[Cl-].[Cl-]. The van der Waals surface area contributed by atoms with Crippen LogP contribution in [0, 0.1) is 20.8 Å². The molecule has 67 valence electrons. The Balaban J connectivity index is 0. The minimum atomic E-state index is 0. The molecule has 1 aromatic heterocycles. The zero-order valence-electron chi connectivity index (χ0n) is 7.70. The molecular weight excluding hydrogens is 289 g/mol. The summed E-state index contributed by atoms with van der Waals surface area (Å²) in [5.41, 5.74) is 3.13. The van der Waals surface area contributed by atoms with E-state index in [0.29, 0.717) is 0 Å². The standard InChI is InChI=1S/C8H12P.2ClH.Zr/c1-6-5-9(4)8(3)7(6)2;;;/h1-4H3;2*1H;/q;;;+2/p-2. The van der Waals surface area contributed by atoms with E-state index in [2.05, 4.69) is 27.4 Å². The molecule has 0 saturated heterocycles. The van der Waals surface area contributed by atoms with Crippen molar-refractivity contribution in [2.75, 3.05) is 0 Å². The van der Waals surface area contributed by atoms with Gasteiger partial charge in [-0.2, -0.15) is 0 Å². The van der Waals surface area contributed by atoms with Crippen LogP contribution in [0.15, 0.2) is 0 Å². The van der Waals surface area contributed by atoms with Gasteiger partial charge in [-0.15, -0.1) is 0 Å². The average molecular weight is 301 g/mol. The summed E-state index contributed by atoms with van der Waals surface area (Å²) in [4.78, 5) is 0. The summed E-state index contributed by atoms with van der Waals surface area (Å²) >= 11 is 1.62. The second-order valence-corrected chi connectivity index (χ2v) is 7.24. The van der Waals surface area contributed by atoms with Crippen molar-refractivity contribution in [3.63, 3.8) is 0 Å². The molecule has 1 rings (SSSR count). The fourth-order valence-corrected chi connectivity index (χ4v) is 4.49. The normalized spacial score (nSPS) is 10.3. The van der Waals surface area contributed by atoms with Gasteiger partial charge in [0.25, 0.3) is 0 Å². The van der Waals surface area contributed by atoms with Gasteiger partial charge < -0.3 is 24.8 Å². The van der Waals surface area contributed by atoms with Crippen LogP contribution >= 0.6 is 7.53 Å². The number of halogens is 2. The Hall–Kier alpha value is 1.24. The van der Waals surface area contributed by atoms with Crippen LogP contribution in [-0.2, 0) is 31.4 Å². The largest absolute Gasteiger partial charge is 1.00 e. The molecule has 0 spiro atoms. The van der Waals surface area contributed by atoms with Gasteiger partial charge in [-0.3, -0.25) is 0 Å². The summed E-state index contributed by atoms with van der Waals surface area (Å²) in [5, 5.41) is 1.64. The van der Waals surface area contributed by atoms with Gasteiger partial charge in [-0.25, -0.2) is 0 Å². The third-order valence-corrected chi connectivity index (χ3v) is 8.04. The molecule has 0 fully saturated rings. The first-order valence-corrected chi connectivity index (χ1v) is 6.41. The Morgan fingerprint density at radius 1 is 1.00 bits per heavy atom. The fraction of sp³-hybridized carbons (Fsp3) is 0.500. The van der Waals surface area contributed by atoms with Crippen LogP contribution < -0.4 is 27.8 Å². The van der Waals surface area contributed by atoms with Crippen LogP contribution in [0.25, 0.3) is 0 Å². The molecule has 0 aliphatic heterocycles. The first-order valence-electron chi connectivity index (χ1n) is 3.39. The van der Waals surface area contributed by atoms with Crippen LogP contribution in [0.4, 0.5) is 0 Å². The van der Waals surface area contributed by atoms with Crippen LogP contribution in [0.2, 0.25) is 0 Å². The summed E-state index contributed by atoms with van der Waals surface area (Å²) < 4.78 is 1.71. The number of hydrogen-bond acceptors (Lipinski definition) is 0. The summed E-state index contributed by atoms with van der Waals surface area (Å²) in [5.74, 6) is 0. The molecule has 1 unspecified atom stereocenters. The van der Waals surface area contributed by atoms with Gasteiger partial charge in [-0.05, 0) is 0 Å². The topological polar surface area (TPSA) is 0 Å². The molecule has 0 N–H and O–H groups in total. The van der Waals surface area contributed by atoms with Crippen molar-refractivity contribution in [1.29, 1.82) is 0 Å². The molecular formula is C8H12Cl2PZr. The van der Waals surface area contributed by atoms with E-state index >= 15 is 0 Å². The Morgan fingerprint density at radius 2 is 1.42 bits per heavy atom. The van der Waals surface area contributed by atoms with Crippen molar-refractivity contribution >= 4 is 10.5 Å². The molecule has 0 radical (unpaired) electrons. The maximum Gasteiger partial charge on any atom is -1.00 e. The van der Waals surface area contributed by atoms with Gasteiger partial charge in [-0.1, -0.05) is 0 Å². The zero-order chi connectivity index (χ0) is 7.89. The van der Waals surface area contributed by atoms with Crippen LogP contribution in [0.3, 0.4) is 0 Å². The Morgan fingerprint density at radius 3 is 1.50 bits per heavy atom. The van der Waals surface area contributed by atoms with Crippen LogP contribution in [-0.4, -0.2) is 0 Å². The number of hydrogen-bond donors (Lipinski definition) is 0. The predicted octanol–water partition coefficient (Wildman–Crippen LogP) is -3.68. The van der Waals surface area contributed by atoms with Gasteiger partial charge in [0.1, 0.15) is 0 Å². The minimum Gasteiger partial charge on any atom is -1.00 e. The first-order chi connectivity index (χ1) is 4.55. The van der Waals surface area contributed by atoms with Gasteiger partial charge in [0.2, 0.25) is 0 Å². The van der Waals surface area contributed by atoms with E-state index in [4.69, 9.17) is 0 Å². The average Bonchev–Trinajstić information content (AvgIpc) is 2.07. The maximum atomic E-state index is 2.37. The van der Waals surface area contributed by atoms with Gasteiger partial charge in [0.05, 0.1) is 0 Å². The molecule has 0 nitrogen and oxygen atoms in total. The second kappa shape index (κ2) is 5.87. The quantitative estimate of drug-likeness (QED) is 0.463. The zero-order valence-corrected chi connectivity index (χ0v) is 12.6. The van der Waals surface area contributed by atoms with E-state index in [9.17, 15) is 0 Å². The van der Waals surface area contributed by atoms with E-state index < -0.39 is 0 Å². The van der Waals surface area contributed by atoms with Crippen molar-refractivity contribution in [1.82, 2.24) is 0 Å². The Bertz CT molecular complexity index is 188. The second-order valence-electron chi connectivity index (χ2n) is 2.74. The third kappa shape index (κ3) is 2.61. The minimum absolute atomic E-state index is 0. The van der Waals surface area contributed by atoms with Crippen LogP contribution in [0.1, 0.15) is 16.4 Å². The van der Waals surface area contributed by atoms with E-state index in [0.717, 1.165) is 0 Å². The predicted molar refractivity (Wildman–Crippen MR) is 44.0 cm³/mol. The molecule has 1 heterocycles. The molecule has 1 atom stereocenters. The summed E-state index contributed by atoms with van der Waals surface area (Å²) in [6.45, 7) is 9.16. The van der Waals surface area contributed by atoms with Crippen molar-refractivity contribution in [3.05, 3.63) is 16.4 Å². The molecule has 1 aromatic rings. The monoisotopic (exact) mass is 299 g/mol. The van der Waals surface area contributed by atoms with Crippen LogP contribution in [0.5, 0.6) is 0 Å². The molecule has 0 amide bonds. The van der Waals surface area contributed by atoms with Crippen molar-refractivity contribution in [2.24, 2.45) is 6.66 Å². The molecule has 0 aliphatic carbocycles. The fourth-order valence-electron chi connectivity index (χ4n) is 1.12. The van der Waals surface area contributed by atoms with Gasteiger partial charge in [0.15, 0.2) is 0 Å². The molecule has 0 bridgehead atoms. The van der Waals surface area contributed by atoms with E-state index in [1.807, 2.05) is 0 Å². The molecule has 0 saturated carbocycles. The maximum absolute atomic E-state index is 2.37. The third-order valence-electron chi connectivity index (χ3n) is 2.30. The first kappa shape index (κ1) is 15.7. The summed E-state index contributed by atoms with van der Waals surface area (Å²) in [6.07, 6.45) is 0. The van der Waals surface area contributed by atoms with Crippen molar-refractivity contribution in [3.8, 4) is 0 Å². The van der Waals surface area contributed by atoms with E-state index in [-0.39, 0.29) is 32.3 Å². The van der Waals surface area contributed by atoms with E-state index in [1.54, 1.807) is 44.1 Å². The molecule has 4 heteroatoms. The molecule has 0 aliphatic rings. The van der Waals surface area contributed by atoms with Gasteiger partial charge >= 0.3 is 79.1 Å². The number of rotatable bonds is 0. The van der Waals surface area contributed by atoms with E-state index in [1.165, 1.54) is 0 Å². The molecule has 0 aromatic carbocycles. The molecule has 12 heavy (non-hydrogen) atoms. The van der Waals surface area contributed by atoms with Crippen molar-refractivity contribution in [2.45, 2.75) is 20.8 Å². The Labute approximate surface area is 103 Å². The summed E-state index contributed by atoms with van der Waals surface area (Å²) in [7, 11) is 0.133. The Kier molecular flexibility index (Phi) is 7.68. The van der Waals surface area contributed by atoms with Crippen molar-refractivity contribution < 1.29 is 49.5 Å².